The third-order valence-electron chi connectivity index (χ3n) is 9.57. The van der Waals surface area contributed by atoms with Gasteiger partial charge in [-0.05, 0) is 48.9 Å². The molecule has 41 heavy (non-hydrogen) atoms. The molecule has 2 aliphatic heterocycles. The summed E-state index contributed by atoms with van der Waals surface area (Å²) < 4.78 is 41.2. The molecule has 14 heteroatoms. The Bertz CT molecular complexity index is 1130. The zero-order chi connectivity index (χ0) is 30.0. The number of nitrogens with one attached hydrogen (secondary N) is 3. The molecule has 0 spiro atoms. The number of likely N-dealkylation sites (tertiary alicyclic amines) is 1. The molecule has 5 rings (SSSR count). The maximum absolute atomic E-state index is 14.0. The summed E-state index contributed by atoms with van der Waals surface area (Å²) in [5.41, 5.74) is -0.866. The Hall–Kier alpha value is -2.57. The number of fused-ring (bicyclic) bond motifs is 2. The third-order valence-corrected chi connectivity index (χ3v) is 9.76. The van der Waals surface area contributed by atoms with Crippen LogP contribution in [0.4, 0.5) is 13.2 Å². The van der Waals surface area contributed by atoms with Crippen LogP contribution in [0, 0.1) is 35.0 Å². The van der Waals surface area contributed by atoms with Gasteiger partial charge in [-0.3, -0.25) is 29.4 Å². The Morgan fingerprint density at radius 1 is 1.12 bits per heavy atom. The van der Waals surface area contributed by atoms with E-state index in [1.807, 2.05) is 0 Å². The molecular formula is C27H37ClF3N5O5. The number of nitrogens with zero attached hydrogens (tertiary/aromatic N) is 2. The summed E-state index contributed by atoms with van der Waals surface area (Å²) in [4.78, 5) is 66.9. The topological polar surface area (TPSA) is 128 Å². The average Bonchev–Trinajstić information content (AvgIpc) is 3.14. The number of hydrogen-bond donors (Lipinski definition) is 3. The Morgan fingerprint density at radius 3 is 2.34 bits per heavy atom. The first-order valence-corrected chi connectivity index (χ1v) is 14.7. The fourth-order valence-corrected chi connectivity index (χ4v) is 7.13. The third kappa shape index (κ3) is 5.62. The normalized spacial score (nSPS) is 34.5. The number of hydrazine groups is 1. The highest BCUT2D eigenvalue weighted by Gasteiger charge is 2.62. The van der Waals surface area contributed by atoms with Crippen LogP contribution < -0.4 is 16.1 Å². The fraction of sp³-hybridized carbons (Fsp3) is 0.815. The first kappa shape index (κ1) is 29.9. The van der Waals surface area contributed by atoms with Crippen molar-refractivity contribution in [3.05, 3.63) is 0 Å². The first-order valence-electron chi connectivity index (χ1n) is 14.3. The van der Waals surface area contributed by atoms with Crippen LogP contribution >= 0.6 is 11.6 Å². The van der Waals surface area contributed by atoms with E-state index in [2.05, 4.69) is 16.1 Å². The van der Waals surface area contributed by atoms with Crippen LogP contribution in [0.15, 0.2) is 0 Å². The number of hydrogen-bond acceptors (Lipinski definition) is 5. The van der Waals surface area contributed by atoms with Gasteiger partial charge in [0.25, 0.3) is 23.4 Å². The second-order valence-corrected chi connectivity index (χ2v) is 13.7. The minimum atomic E-state index is -3.11. The van der Waals surface area contributed by atoms with E-state index in [4.69, 9.17) is 11.6 Å². The minimum Gasteiger partial charge on any atom is -0.353 e. The number of alkyl halides is 4. The predicted molar refractivity (Wildman–Crippen MR) is 140 cm³/mol. The van der Waals surface area contributed by atoms with Crippen LogP contribution in [0.2, 0.25) is 0 Å². The second kappa shape index (κ2) is 10.6. The van der Waals surface area contributed by atoms with Crippen molar-refractivity contribution in [2.45, 2.75) is 89.0 Å². The van der Waals surface area contributed by atoms with Crippen molar-refractivity contribution < 1.29 is 37.1 Å². The molecule has 5 aliphatic rings. The summed E-state index contributed by atoms with van der Waals surface area (Å²) in [6.07, 6.45) is 3.22. The number of halogens is 4. The average molecular weight is 604 g/mol. The molecule has 3 N–H and O–H groups in total. The van der Waals surface area contributed by atoms with E-state index in [1.165, 1.54) is 4.90 Å². The van der Waals surface area contributed by atoms with Crippen molar-refractivity contribution in [1.82, 2.24) is 26.0 Å². The SMILES string of the molecule is CC(C)(C)[C@H](NC(=O)[C@@H]1CC1(F)F)C(=O)N1C[C@@H]2CCC[C@@H]2[C@H]1C(=O)NN(C[C@@H]1C(=O)N[C@@H]2CC[C@H]12)C(=O)[C@H](F)Cl. The van der Waals surface area contributed by atoms with Crippen LogP contribution in [-0.2, 0) is 24.0 Å². The molecule has 9 atom stereocenters. The van der Waals surface area contributed by atoms with Crippen LogP contribution in [0.25, 0.3) is 0 Å². The smallest absolute Gasteiger partial charge is 0.291 e. The Morgan fingerprint density at radius 2 is 1.80 bits per heavy atom. The zero-order valence-electron chi connectivity index (χ0n) is 23.3. The van der Waals surface area contributed by atoms with Gasteiger partial charge < -0.3 is 15.5 Å². The summed E-state index contributed by atoms with van der Waals surface area (Å²) >= 11 is 5.46. The lowest BCUT2D eigenvalue weighted by atomic mass is 9.75. The van der Waals surface area contributed by atoms with E-state index in [0.717, 1.165) is 30.7 Å². The predicted octanol–water partition coefficient (Wildman–Crippen LogP) is 1.72. The fourth-order valence-electron chi connectivity index (χ4n) is 7.02. The lowest BCUT2D eigenvalue weighted by Crippen LogP contribution is -2.61. The molecule has 0 aromatic heterocycles. The molecule has 3 aliphatic carbocycles. The van der Waals surface area contributed by atoms with Crippen LogP contribution in [0.1, 0.15) is 59.3 Å². The van der Waals surface area contributed by atoms with Crippen molar-refractivity contribution in [3.8, 4) is 0 Å². The molecule has 228 valence electrons. The highest BCUT2D eigenvalue weighted by atomic mass is 35.5. The molecule has 0 unspecified atom stereocenters. The van der Waals surface area contributed by atoms with E-state index in [0.29, 0.717) is 6.42 Å². The monoisotopic (exact) mass is 603 g/mol. The number of rotatable bonds is 7. The zero-order valence-corrected chi connectivity index (χ0v) is 24.1. The van der Waals surface area contributed by atoms with Gasteiger partial charge in [0.1, 0.15) is 18.0 Å². The second-order valence-electron chi connectivity index (χ2n) is 13.3. The Balaban J connectivity index is 1.36. The van der Waals surface area contributed by atoms with Crippen molar-refractivity contribution in [2.75, 3.05) is 13.1 Å². The first-order chi connectivity index (χ1) is 19.1. The van der Waals surface area contributed by atoms with E-state index < -0.39 is 70.9 Å². The van der Waals surface area contributed by atoms with E-state index in [-0.39, 0.29) is 42.8 Å². The standard InChI is InChI=1S/C27H37ClF3N5O5/c1-26(2,3)19(33-22(38)16-9-27(16,30)31)24(40)35-10-12-5-4-6-13(12)18(35)23(39)34-36(25(41)20(28)29)11-15-14-7-8-17(14)32-21(15)37/h12-20H,4-11H2,1-3H3,(H,32,37)(H,33,38)(H,34,39)/t12-,13-,14+,15-,16-,17+,18-,19+,20-/m0/s1. The molecule has 10 nitrogen and oxygen atoms in total. The summed E-state index contributed by atoms with van der Waals surface area (Å²) in [6.45, 7) is 5.02. The molecular weight excluding hydrogens is 567 g/mol. The summed E-state index contributed by atoms with van der Waals surface area (Å²) in [5.74, 6) is -9.28. The van der Waals surface area contributed by atoms with Crippen LogP contribution in [-0.4, -0.2) is 82.2 Å². The summed E-state index contributed by atoms with van der Waals surface area (Å²) in [7, 11) is 0. The van der Waals surface area contributed by atoms with E-state index in [1.54, 1.807) is 20.8 Å². The van der Waals surface area contributed by atoms with Gasteiger partial charge in [-0.2, -0.15) is 0 Å². The van der Waals surface area contributed by atoms with Gasteiger partial charge in [-0.1, -0.05) is 38.8 Å². The van der Waals surface area contributed by atoms with E-state index in [9.17, 15) is 37.1 Å². The summed E-state index contributed by atoms with van der Waals surface area (Å²) in [5, 5.41) is 6.09. The van der Waals surface area contributed by atoms with Crippen molar-refractivity contribution >= 4 is 41.1 Å². The molecule has 5 amide bonds. The number of carbonyl (C=O) groups is 5. The molecule has 0 bridgehead atoms. The van der Waals surface area contributed by atoms with Crippen molar-refractivity contribution in [1.29, 1.82) is 0 Å². The molecule has 0 aromatic carbocycles. The number of carbonyl (C=O) groups excluding carboxylic acids is 5. The van der Waals surface area contributed by atoms with Crippen molar-refractivity contribution in [3.63, 3.8) is 0 Å². The largest absolute Gasteiger partial charge is 0.353 e. The van der Waals surface area contributed by atoms with Crippen LogP contribution in [0.5, 0.6) is 0 Å². The number of amides is 5. The van der Waals surface area contributed by atoms with Gasteiger partial charge >= 0.3 is 0 Å². The lowest BCUT2D eigenvalue weighted by molar-refractivity contribution is -0.151. The molecule has 0 aromatic rings. The highest BCUT2D eigenvalue weighted by molar-refractivity contribution is 6.29. The molecule has 5 fully saturated rings. The molecule has 2 saturated heterocycles. The molecule has 2 heterocycles. The lowest BCUT2D eigenvalue weighted by Gasteiger charge is -2.37. The maximum Gasteiger partial charge on any atom is 0.291 e. The van der Waals surface area contributed by atoms with Gasteiger partial charge in [-0.15, -0.1) is 0 Å². The Kier molecular flexibility index (Phi) is 7.74. The van der Waals surface area contributed by atoms with Gasteiger partial charge in [0.2, 0.25) is 17.7 Å². The van der Waals surface area contributed by atoms with Gasteiger partial charge in [-0.25, -0.2) is 18.2 Å². The molecule has 0 radical (unpaired) electrons. The van der Waals surface area contributed by atoms with Gasteiger partial charge in [0, 0.05) is 19.0 Å². The minimum absolute atomic E-state index is 0.0127. The molecule has 3 saturated carbocycles. The van der Waals surface area contributed by atoms with Gasteiger partial charge in [0.15, 0.2) is 0 Å². The van der Waals surface area contributed by atoms with Crippen molar-refractivity contribution in [2.24, 2.45) is 35.0 Å². The van der Waals surface area contributed by atoms with Crippen LogP contribution in [0.3, 0.4) is 0 Å². The quantitative estimate of drug-likeness (QED) is 0.302. The summed E-state index contributed by atoms with van der Waals surface area (Å²) in [6, 6.07) is -2.25. The van der Waals surface area contributed by atoms with E-state index >= 15 is 0 Å². The van der Waals surface area contributed by atoms with Gasteiger partial charge in [0.05, 0.1) is 12.5 Å². The highest BCUT2D eigenvalue weighted by Crippen LogP contribution is 2.49. The maximum atomic E-state index is 14.0. The Labute approximate surface area is 241 Å².